The van der Waals surface area contributed by atoms with Crippen molar-refractivity contribution in [3.63, 3.8) is 0 Å². The molecule has 2 aliphatic rings. The monoisotopic (exact) mass is 209 g/mol. The first-order chi connectivity index (χ1) is 7.14. The van der Waals surface area contributed by atoms with E-state index in [4.69, 9.17) is 0 Å². The van der Waals surface area contributed by atoms with Gasteiger partial charge in [-0.1, -0.05) is 26.2 Å². The fraction of sp³-hybridized carbons (Fsp3) is 1.00. The van der Waals surface area contributed by atoms with Crippen molar-refractivity contribution in [3.05, 3.63) is 0 Å². The van der Waals surface area contributed by atoms with Crippen LogP contribution in [0.5, 0.6) is 0 Å². The first-order valence-corrected chi connectivity index (χ1v) is 6.88. The van der Waals surface area contributed by atoms with Gasteiger partial charge in [0.1, 0.15) is 0 Å². The highest BCUT2D eigenvalue weighted by molar-refractivity contribution is 4.94. The number of likely N-dealkylation sites (tertiary alicyclic amines) is 1. The van der Waals surface area contributed by atoms with Gasteiger partial charge in [-0.05, 0) is 51.0 Å². The van der Waals surface area contributed by atoms with Crippen LogP contribution in [0.2, 0.25) is 0 Å². The highest BCUT2D eigenvalue weighted by atomic mass is 15.2. The SMILES string of the molecule is CC(C)N1CC[C@@H](C)C2(CCCCC2)C1. The molecular weight excluding hydrogens is 182 g/mol. The molecule has 1 saturated heterocycles. The molecular formula is C14H27N. The van der Waals surface area contributed by atoms with Crippen LogP contribution < -0.4 is 0 Å². The average Bonchev–Trinajstić information content (AvgIpc) is 2.23. The van der Waals surface area contributed by atoms with Gasteiger partial charge in [0.05, 0.1) is 0 Å². The summed E-state index contributed by atoms with van der Waals surface area (Å²) < 4.78 is 0. The number of piperidine rings is 1. The van der Waals surface area contributed by atoms with E-state index in [1.165, 1.54) is 51.6 Å². The Morgan fingerprint density at radius 1 is 1.13 bits per heavy atom. The third kappa shape index (κ3) is 2.22. The fourth-order valence-corrected chi connectivity index (χ4v) is 3.65. The van der Waals surface area contributed by atoms with Crippen LogP contribution in [0.3, 0.4) is 0 Å². The molecule has 0 aromatic heterocycles. The highest BCUT2D eigenvalue weighted by Crippen LogP contribution is 2.47. The molecule has 88 valence electrons. The second-order valence-corrected chi connectivity index (χ2v) is 6.18. The largest absolute Gasteiger partial charge is 0.300 e. The van der Waals surface area contributed by atoms with Crippen molar-refractivity contribution in [1.29, 1.82) is 0 Å². The molecule has 1 atom stereocenters. The number of rotatable bonds is 1. The molecule has 15 heavy (non-hydrogen) atoms. The van der Waals surface area contributed by atoms with Crippen LogP contribution >= 0.6 is 0 Å². The third-order valence-corrected chi connectivity index (χ3v) is 4.99. The molecule has 0 aromatic rings. The molecule has 1 nitrogen and oxygen atoms in total. The highest BCUT2D eigenvalue weighted by Gasteiger charge is 2.41. The minimum absolute atomic E-state index is 0.695. The van der Waals surface area contributed by atoms with E-state index in [0.29, 0.717) is 5.41 Å². The molecule has 2 rings (SSSR count). The van der Waals surface area contributed by atoms with Crippen LogP contribution in [0.4, 0.5) is 0 Å². The van der Waals surface area contributed by atoms with Crippen molar-refractivity contribution in [1.82, 2.24) is 4.90 Å². The lowest BCUT2D eigenvalue weighted by atomic mass is 9.63. The Morgan fingerprint density at radius 3 is 2.40 bits per heavy atom. The molecule has 1 spiro atoms. The van der Waals surface area contributed by atoms with E-state index in [1.54, 1.807) is 0 Å². The van der Waals surface area contributed by atoms with Crippen molar-refractivity contribution < 1.29 is 0 Å². The van der Waals surface area contributed by atoms with E-state index >= 15 is 0 Å². The van der Waals surface area contributed by atoms with E-state index in [9.17, 15) is 0 Å². The van der Waals surface area contributed by atoms with Crippen molar-refractivity contribution in [2.45, 2.75) is 65.3 Å². The molecule has 0 amide bonds. The van der Waals surface area contributed by atoms with Gasteiger partial charge in [0, 0.05) is 12.6 Å². The molecule has 1 aliphatic carbocycles. The van der Waals surface area contributed by atoms with Gasteiger partial charge >= 0.3 is 0 Å². The van der Waals surface area contributed by atoms with Gasteiger partial charge in [0.25, 0.3) is 0 Å². The zero-order valence-corrected chi connectivity index (χ0v) is 10.8. The Labute approximate surface area is 95.2 Å². The Bertz CT molecular complexity index is 203. The van der Waals surface area contributed by atoms with Crippen LogP contribution in [0.1, 0.15) is 59.3 Å². The van der Waals surface area contributed by atoms with Crippen LogP contribution in [-0.4, -0.2) is 24.0 Å². The molecule has 1 heteroatoms. The maximum atomic E-state index is 2.71. The quantitative estimate of drug-likeness (QED) is 0.636. The summed E-state index contributed by atoms with van der Waals surface area (Å²) in [7, 11) is 0. The summed E-state index contributed by atoms with van der Waals surface area (Å²) in [5.74, 6) is 0.966. The predicted octanol–water partition coefficient (Wildman–Crippen LogP) is 3.69. The average molecular weight is 209 g/mol. The zero-order chi connectivity index (χ0) is 10.9. The van der Waals surface area contributed by atoms with E-state index in [1.807, 2.05) is 0 Å². The second-order valence-electron chi connectivity index (χ2n) is 6.18. The van der Waals surface area contributed by atoms with Crippen LogP contribution in [0.25, 0.3) is 0 Å². The zero-order valence-electron chi connectivity index (χ0n) is 10.8. The summed E-state index contributed by atoms with van der Waals surface area (Å²) in [5.41, 5.74) is 0.695. The van der Waals surface area contributed by atoms with Gasteiger partial charge in [-0.3, -0.25) is 0 Å². The minimum atomic E-state index is 0.695. The van der Waals surface area contributed by atoms with Crippen LogP contribution in [0.15, 0.2) is 0 Å². The third-order valence-electron chi connectivity index (χ3n) is 4.99. The van der Waals surface area contributed by atoms with Gasteiger partial charge in [-0.15, -0.1) is 0 Å². The van der Waals surface area contributed by atoms with E-state index in [2.05, 4.69) is 25.7 Å². The Morgan fingerprint density at radius 2 is 1.80 bits per heavy atom. The van der Waals surface area contributed by atoms with Crippen molar-refractivity contribution in [3.8, 4) is 0 Å². The Balaban J connectivity index is 2.06. The molecule has 0 bridgehead atoms. The lowest BCUT2D eigenvalue weighted by Gasteiger charge is -2.50. The standard InChI is InChI=1S/C14H27N/c1-12(2)15-10-7-13(3)14(11-15)8-5-4-6-9-14/h12-13H,4-11H2,1-3H3/t13-/m1/s1. The van der Waals surface area contributed by atoms with Crippen LogP contribution in [-0.2, 0) is 0 Å². The first-order valence-electron chi connectivity index (χ1n) is 6.88. The van der Waals surface area contributed by atoms with Gasteiger partial charge in [-0.2, -0.15) is 0 Å². The fourth-order valence-electron chi connectivity index (χ4n) is 3.65. The van der Waals surface area contributed by atoms with Crippen molar-refractivity contribution in [2.75, 3.05) is 13.1 Å². The Hall–Kier alpha value is -0.0400. The lowest BCUT2D eigenvalue weighted by molar-refractivity contribution is -0.00856. The molecule has 0 unspecified atom stereocenters. The Kier molecular flexibility index (Phi) is 3.39. The number of hydrogen-bond donors (Lipinski definition) is 0. The smallest absolute Gasteiger partial charge is 0.00432 e. The minimum Gasteiger partial charge on any atom is -0.300 e. The molecule has 0 aromatic carbocycles. The maximum absolute atomic E-state index is 2.71. The summed E-state index contributed by atoms with van der Waals surface area (Å²) in [6.45, 7) is 9.93. The lowest BCUT2D eigenvalue weighted by Crippen LogP contribution is -2.51. The molecule has 2 fully saturated rings. The predicted molar refractivity (Wildman–Crippen MR) is 66.0 cm³/mol. The van der Waals surface area contributed by atoms with E-state index in [-0.39, 0.29) is 0 Å². The van der Waals surface area contributed by atoms with Crippen LogP contribution in [0, 0.1) is 11.3 Å². The van der Waals surface area contributed by atoms with Gasteiger partial charge in [0.15, 0.2) is 0 Å². The van der Waals surface area contributed by atoms with Gasteiger partial charge in [0.2, 0.25) is 0 Å². The topological polar surface area (TPSA) is 3.24 Å². The molecule has 1 aliphatic heterocycles. The summed E-state index contributed by atoms with van der Waals surface area (Å²) in [6.07, 6.45) is 8.87. The second kappa shape index (κ2) is 4.45. The van der Waals surface area contributed by atoms with Crippen molar-refractivity contribution in [2.24, 2.45) is 11.3 Å². The maximum Gasteiger partial charge on any atom is 0.00432 e. The number of hydrogen-bond acceptors (Lipinski definition) is 1. The summed E-state index contributed by atoms with van der Waals surface area (Å²) in [6, 6.07) is 0.747. The molecule has 1 heterocycles. The van der Waals surface area contributed by atoms with E-state index < -0.39 is 0 Å². The summed E-state index contributed by atoms with van der Waals surface area (Å²) in [4.78, 5) is 2.71. The van der Waals surface area contributed by atoms with Crippen molar-refractivity contribution >= 4 is 0 Å². The summed E-state index contributed by atoms with van der Waals surface area (Å²) >= 11 is 0. The van der Waals surface area contributed by atoms with Gasteiger partial charge < -0.3 is 4.90 Å². The molecule has 0 N–H and O–H groups in total. The van der Waals surface area contributed by atoms with Gasteiger partial charge in [-0.25, -0.2) is 0 Å². The first kappa shape index (κ1) is 11.4. The number of nitrogens with zero attached hydrogens (tertiary/aromatic N) is 1. The molecule has 0 radical (unpaired) electrons. The summed E-state index contributed by atoms with van der Waals surface area (Å²) in [5, 5.41) is 0. The molecule has 1 saturated carbocycles. The normalized spacial score (nSPS) is 32.4. The van der Waals surface area contributed by atoms with E-state index in [0.717, 1.165) is 12.0 Å².